The number of carbonyl (C=O) groups is 1. The third kappa shape index (κ3) is 2.87. The lowest BCUT2D eigenvalue weighted by Crippen LogP contribution is -2.56. The molecule has 2 rings (SSSR count). The summed E-state index contributed by atoms with van der Waals surface area (Å²) in [4.78, 5) is 16.1. The van der Waals surface area contributed by atoms with Crippen LogP contribution >= 0.6 is 0 Å². The third-order valence-electron chi connectivity index (χ3n) is 4.32. The lowest BCUT2D eigenvalue weighted by atomic mass is 9.75. The molecule has 1 saturated carbocycles. The Balaban J connectivity index is 2.00. The Labute approximate surface area is 119 Å². The molecule has 1 amide bonds. The monoisotopic (exact) mass is 280 g/mol. The molecule has 6 heteroatoms. The summed E-state index contributed by atoms with van der Waals surface area (Å²) in [5.41, 5.74) is 3.25. The molecule has 0 saturated heterocycles. The second kappa shape index (κ2) is 5.95. The molecule has 0 bridgehead atoms. The van der Waals surface area contributed by atoms with Gasteiger partial charge in [0.25, 0.3) is 0 Å². The van der Waals surface area contributed by atoms with Crippen molar-refractivity contribution in [2.24, 2.45) is 5.84 Å². The fourth-order valence-corrected chi connectivity index (χ4v) is 2.91. The number of hydrogen-bond acceptors (Lipinski definition) is 5. The number of nitrogens with one attached hydrogen (secondary N) is 1. The highest BCUT2D eigenvalue weighted by atomic mass is 16.3. The van der Waals surface area contributed by atoms with E-state index in [1.54, 1.807) is 0 Å². The highest BCUT2D eigenvalue weighted by molar-refractivity contribution is 5.92. The molecule has 1 aromatic rings. The van der Waals surface area contributed by atoms with Gasteiger partial charge in [-0.15, -0.1) is 0 Å². The second-order valence-electron chi connectivity index (χ2n) is 5.89. The van der Waals surface area contributed by atoms with Crippen LogP contribution in [-0.2, 0) is 6.54 Å². The minimum absolute atomic E-state index is 0.273. The molecule has 1 aromatic heterocycles. The first-order valence-electron chi connectivity index (χ1n) is 6.92. The van der Waals surface area contributed by atoms with Gasteiger partial charge in [0.1, 0.15) is 0 Å². The normalized spacial score (nSPS) is 17.3. The van der Waals surface area contributed by atoms with Crippen molar-refractivity contribution in [3.05, 3.63) is 23.7 Å². The maximum absolute atomic E-state index is 11.6. The van der Waals surface area contributed by atoms with Gasteiger partial charge in [0.15, 0.2) is 5.76 Å². The van der Waals surface area contributed by atoms with Gasteiger partial charge in [-0.05, 0) is 46.5 Å². The SMILES string of the molecule is CN(Cc1ccoc1C(=O)NN)CC1(N(C)C)CCC1. The van der Waals surface area contributed by atoms with Crippen LogP contribution in [0.2, 0.25) is 0 Å². The number of furan rings is 1. The average Bonchev–Trinajstić information content (AvgIpc) is 2.80. The van der Waals surface area contributed by atoms with E-state index < -0.39 is 0 Å². The second-order valence-corrected chi connectivity index (χ2v) is 5.89. The summed E-state index contributed by atoms with van der Waals surface area (Å²) in [6.45, 7) is 1.66. The first kappa shape index (κ1) is 15.0. The molecule has 112 valence electrons. The summed E-state index contributed by atoms with van der Waals surface area (Å²) >= 11 is 0. The number of hydrazine groups is 1. The minimum atomic E-state index is -0.385. The van der Waals surface area contributed by atoms with E-state index in [1.165, 1.54) is 25.5 Å². The summed E-state index contributed by atoms with van der Waals surface area (Å²) in [6.07, 6.45) is 5.27. The Morgan fingerprint density at radius 1 is 1.45 bits per heavy atom. The molecule has 3 N–H and O–H groups in total. The number of carbonyl (C=O) groups excluding carboxylic acids is 1. The predicted molar refractivity (Wildman–Crippen MR) is 77.0 cm³/mol. The minimum Gasteiger partial charge on any atom is -0.459 e. The van der Waals surface area contributed by atoms with Crippen molar-refractivity contribution in [2.45, 2.75) is 31.3 Å². The van der Waals surface area contributed by atoms with E-state index in [-0.39, 0.29) is 11.4 Å². The first-order chi connectivity index (χ1) is 9.48. The van der Waals surface area contributed by atoms with Crippen LogP contribution in [0.25, 0.3) is 0 Å². The number of hydrogen-bond donors (Lipinski definition) is 2. The zero-order chi connectivity index (χ0) is 14.8. The Bertz CT molecular complexity index is 465. The van der Waals surface area contributed by atoms with Gasteiger partial charge in [-0.25, -0.2) is 5.84 Å². The van der Waals surface area contributed by atoms with Crippen LogP contribution in [0.4, 0.5) is 0 Å². The topological polar surface area (TPSA) is 74.7 Å². The van der Waals surface area contributed by atoms with E-state index in [0.29, 0.717) is 12.3 Å². The largest absolute Gasteiger partial charge is 0.459 e. The summed E-state index contributed by atoms with van der Waals surface area (Å²) in [7, 11) is 6.34. The Kier molecular flexibility index (Phi) is 4.47. The molecule has 0 spiro atoms. The Morgan fingerprint density at radius 3 is 2.65 bits per heavy atom. The van der Waals surface area contributed by atoms with E-state index in [4.69, 9.17) is 10.3 Å². The molecular weight excluding hydrogens is 256 g/mol. The molecule has 20 heavy (non-hydrogen) atoms. The predicted octanol–water partition coefficient (Wildman–Crippen LogP) is 0.799. The van der Waals surface area contributed by atoms with Crippen molar-refractivity contribution in [1.82, 2.24) is 15.2 Å². The van der Waals surface area contributed by atoms with Crippen LogP contribution in [0.5, 0.6) is 0 Å². The van der Waals surface area contributed by atoms with Crippen molar-refractivity contribution in [3.63, 3.8) is 0 Å². The molecule has 1 fully saturated rings. The van der Waals surface area contributed by atoms with Crippen LogP contribution in [0, 0.1) is 0 Å². The van der Waals surface area contributed by atoms with Crippen molar-refractivity contribution in [3.8, 4) is 0 Å². The number of likely N-dealkylation sites (N-methyl/N-ethyl adjacent to an activating group) is 2. The molecular formula is C14H24N4O2. The summed E-state index contributed by atoms with van der Waals surface area (Å²) in [5.74, 6) is 5.07. The van der Waals surface area contributed by atoms with Gasteiger partial charge in [0.2, 0.25) is 0 Å². The number of nitrogens with two attached hydrogens (primary N) is 1. The van der Waals surface area contributed by atoms with E-state index in [1.807, 2.05) is 6.07 Å². The van der Waals surface area contributed by atoms with E-state index in [2.05, 4.69) is 36.4 Å². The van der Waals surface area contributed by atoms with Crippen molar-refractivity contribution >= 4 is 5.91 Å². The fraction of sp³-hybridized carbons (Fsp3) is 0.643. The first-order valence-corrected chi connectivity index (χ1v) is 6.92. The summed E-state index contributed by atoms with van der Waals surface area (Å²) < 4.78 is 5.21. The van der Waals surface area contributed by atoms with E-state index >= 15 is 0 Å². The molecule has 0 aromatic carbocycles. The van der Waals surface area contributed by atoms with Gasteiger partial charge in [-0.3, -0.25) is 10.2 Å². The number of rotatable bonds is 6. The Morgan fingerprint density at radius 2 is 2.15 bits per heavy atom. The zero-order valence-electron chi connectivity index (χ0n) is 12.5. The molecule has 6 nitrogen and oxygen atoms in total. The summed E-state index contributed by atoms with van der Waals surface area (Å²) in [6, 6.07) is 1.82. The number of amides is 1. The van der Waals surface area contributed by atoms with Gasteiger partial charge in [-0.2, -0.15) is 0 Å². The fourth-order valence-electron chi connectivity index (χ4n) is 2.91. The third-order valence-corrected chi connectivity index (χ3v) is 4.32. The van der Waals surface area contributed by atoms with Gasteiger partial charge >= 0.3 is 5.91 Å². The van der Waals surface area contributed by atoms with Crippen molar-refractivity contribution < 1.29 is 9.21 Å². The van der Waals surface area contributed by atoms with Gasteiger partial charge < -0.3 is 14.2 Å². The van der Waals surface area contributed by atoms with E-state index in [9.17, 15) is 4.79 Å². The standard InChI is InChI=1S/C14H24N4O2/c1-17(2)14(6-4-7-14)10-18(3)9-11-5-8-20-12(11)13(19)16-15/h5,8H,4,6-7,9-10,15H2,1-3H3,(H,16,19). The summed E-state index contributed by atoms with van der Waals surface area (Å²) in [5, 5.41) is 0. The molecule has 1 aliphatic rings. The molecule has 1 heterocycles. The molecule has 0 radical (unpaired) electrons. The lowest BCUT2D eigenvalue weighted by Gasteiger charge is -2.49. The lowest BCUT2D eigenvalue weighted by molar-refractivity contribution is 0.0258. The van der Waals surface area contributed by atoms with Gasteiger partial charge in [0, 0.05) is 24.2 Å². The molecule has 0 unspecified atom stereocenters. The highest BCUT2D eigenvalue weighted by Crippen LogP contribution is 2.36. The number of nitrogen functional groups attached to an aromatic ring is 1. The molecule has 0 atom stereocenters. The van der Waals surface area contributed by atoms with Crippen molar-refractivity contribution in [1.29, 1.82) is 0 Å². The van der Waals surface area contributed by atoms with Crippen LogP contribution in [-0.4, -0.2) is 48.9 Å². The zero-order valence-corrected chi connectivity index (χ0v) is 12.5. The molecule has 0 aliphatic heterocycles. The maximum atomic E-state index is 11.6. The smallest absolute Gasteiger partial charge is 0.301 e. The van der Waals surface area contributed by atoms with Crippen LogP contribution in [0.15, 0.2) is 16.7 Å². The maximum Gasteiger partial charge on any atom is 0.301 e. The average molecular weight is 280 g/mol. The van der Waals surface area contributed by atoms with E-state index in [0.717, 1.165) is 12.1 Å². The quantitative estimate of drug-likeness (QED) is 0.458. The molecule has 1 aliphatic carbocycles. The Hall–Kier alpha value is -1.37. The number of nitrogens with zero attached hydrogens (tertiary/aromatic N) is 2. The van der Waals surface area contributed by atoms with Crippen LogP contribution in [0.1, 0.15) is 35.4 Å². The highest BCUT2D eigenvalue weighted by Gasteiger charge is 2.39. The van der Waals surface area contributed by atoms with Crippen LogP contribution in [0.3, 0.4) is 0 Å². The van der Waals surface area contributed by atoms with Gasteiger partial charge in [-0.1, -0.05) is 0 Å². The van der Waals surface area contributed by atoms with Gasteiger partial charge in [0.05, 0.1) is 6.26 Å². The van der Waals surface area contributed by atoms with Crippen molar-refractivity contribution in [2.75, 3.05) is 27.7 Å². The van der Waals surface area contributed by atoms with Crippen LogP contribution < -0.4 is 11.3 Å².